The van der Waals surface area contributed by atoms with Gasteiger partial charge in [0.15, 0.2) is 0 Å². The van der Waals surface area contributed by atoms with E-state index in [1.807, 2.05) is 18.2 Å². The zero-order valence-corrected chi connectivity index (χ0v) is 9.07. The molecule has 0 aromatic heterocycles. The van der Waals surface area contributed by atoms with Gasteiger partial charge in [-0.15, -0.1) is 0 Å². The van der Waals surface area contributed by atoms with Gasteiger partial charge in [0.25, 0.3) is 0 Å². The van der Waals surface area contributed by atoms with Crippen LogP contribution in [-0.2, 0) is 0 Å². The average molecular weight is 196 g/mol. The molecule has 0 amide bonds. The Morgan fingerprint density at radius 1 is 1.00 bits per heavy atom. The Labute approximate surface area is 91.0 Å². The van der Waals surface area contributed by atoms with E-state index in [1.165, 1.54) is 11.3 Å². The fourth-order valence-electron chi connectivity index (χ4n) is 1.66. The minimum Gasteiger partial charge on any atom is -0.344 e. The van der Waals surface area contributed by atoms with Gasteiger partial charge in [0, 0.05) is 24.5 Å². The van der Waals surface area contributed by atoms with Crippen LogP contribution in [0.25, 0.3) is 0 Å². The van der Waals surface area contributed by atoms with E-state index in [2.05, 4.69) is 55.3 Å². The summed E-state index contributed by atoms with van der Waals surface area (Å²) in [6.07, 6.45) is 0. The van der Waals surface area contributed by atoms with Crippen LogP contribution in [0.15, 0.2) is 48.5 Å². The average Bonchev–Trinajstić information content (AvgIpc) is 2.30. The predicted octanol–water partition coefficient (Wildman–Crippen LogP) is 3.56. The van der Waals surface area contributed by atoms with E-state index in [0.29, 0.717) is 0 Å². The third-order valence-corrected chi connectivity index (χ3v) is 2.53. The number of benzene rings is 2. The second-order valence-electron chi connectivity index (χ2n) is 3.59. The van der Waals surface area contributed by atoms with Gasteiger partial charge in [-0.1, -0.05) is 36.4 Å². The number of rotatable bonds is 2. The van der Waals surface area contributed by atoms with Crippen molar-refractivity contribution in [2.45, 2.75) is 6.92 Å². The van der Waals surface area contributed by atoms with Gasteiger partial charge in [0.2, 0.25) is 0 Å². The van der Waals surface area contributed by atoms with Gasteiger partial charge in [-0.25, -0.2) is 0 Å². The van der Waals surface area contributed by atoms with Crippen LogP contribution in [0.1, 0.15) is 5.56 Å². The molecule has 0 aliphatic heterocycles. The zero-order chi connectivity index (χ0) is 10.7. The Kier molecular flexibility index (Phi) is 2.72. The molecule has 1 radical (unpaired) electrons. The maximum Gasteiger partial charge on any atom is 0.0488 e. The molecule has 0 spiro atoms. The Hall–Kier alpha value is -1.76. The lowest BCUT2D eigenvalue weighted by Gasteiger charge is -2.21. The first kappa shape index (κ1) is 9.78. The van der Waals surface area contributed by atoms with E-state index in [1.54, 1.807) is 0 Å². The van der Waals surface area contributed by atoms with E-state index in [4.69, 9.17) is 0 Å². The highest BCUT2D eigenvalue weighted by Gasteiger charge is 2.04. The van der Waals surface area contributed by atoms with Crippen LogP contribution in [0.4, 0.5) is 11.4 Å². The molecule has 15 heavy (non-hydrogen) atoms. The summed E-state index contributed by atoms with van der Waals surface area (Å²) in [4.78, 5) is 2.15. The largest absolute Gasteiger partial charge is 0.344 e. The molecule has 0 saturated heterocycles. The van der Waals surface area contributed by atoms with Gasteiger partial charge in [0.05, 0.1) is 0 Å². The van der Waals surface area contributed by atoms with Gasteiger partial charge < -0.3 is 4.90 Å². The van der Waals surface area contributed by atoms with Crippen molar-refractivity contribution in [3.8, 4) is 0 Å². The van der Waals surface area contributed by atoms with Crippen LogP contribution in [-0.4, -0.2) is 7.05 Å². The van der Waals surface area contributed by atoms with Crippen LogP contribution in [0, 0.1) is 13.0 Å². The molecular weight excluding hydrogens is 182 g/mol. The molecule has 75 valence electrons. The molecule has 0 saturated carbocycles. The van der Waals surface area contributed by atoms with Crippen molar-refractivity contribution in [1.29, 1.82) is 0 Å². The molecule has 1 nitrogen and oxygen atoms in total. The molecule has 0 unspecified atom stereocenters. The van der Waals surface area contributed by atoms with E-state index >= 15 is 0 Å². The number of hydrogen-bond acceptors (Lipinski definition) is 1. The second kappa shape index (κ2) is 4.18. The summed E-state index contributed by atoms with van der Waals surface area (Å²) in [5.41, 5.74) is 3.59. The standard InChI is InChI=1S/C14H14N/c1-12-8-6-7-11-14(12)15(2)13-9-4-3-5-10-13/h3-9,11H,1-2H3. The molecule has 2 aromatic carbocycles. The topological polar surface area (TPSA) is 3.24 Å². The number of aryl methyl sites for hydroxylation is 1. The first-order chi connectivity index (χ1) is 7.29. The van der Waals surface area contributed by atoms with Gasteiger partial charge in [0.1, 0.15) is 0 Å². The van der Waals surface area contributed by atoms with Crippen molar-refractivity contribution < 1.29 is 0 Å². The second-order valence-corrected chi connectivity index (χ2v) is 3.59. The van der Waals surface area contributed by atoms with Crippen LogP contribution < -0.4 is 4.90 Å². The predicted molar refractivity (Wildman–Crippen MR) is 64.5 cm³/mol. The Morgan fingerprint density at radius 3 is 2.40 bits per heavy atom. The quantitative estimate of drug-likeness (QED) is 0.709. The SMILES string of the molecule is Cc1ccccc1N(C)c1[c]cccc1. The molecule has 0 aliphatic carbocycles. The molecule has 0 aliphatic rings. The number of hydrogen-bond donors (Lipinski definition) is 0. The summed E-state index contributed by atoms with van der Waals surface area (Å²) in [6, 6.07) is 19.6. The lowest BCUT2D eigenvalue weighted by molar-refractivity contribution is 1.18. The van der Waals surface area contributed by atoms with Crippen molar-refractivity contribution in [1.82, 2.24) is 0 Å². The number of para-hydroxylation sites is 2. The van der Waals surface area contributed by atoms with E-state index in [0.717, 1.165) is 5.69 Å². The van der Waals surface area contributed by atoms with Crippen LogP contribution in [0.5, 0.6) is 0 Å². The lowest BCUT2D eigenvalue weighted by Crippen LogP contribution is -2.10. The van der Waals surface area contributed by atoms with E-state index in [-0.39, 0.29) is 0 Å². The Balaban J connectivity index is 2.37. The summed E-state index contributed by atoms with van der Waals surface area (Å²) in [5, 5.41) is 0. The first-order valence-corrected chi connectivity index (χ1v) is 5.05. The first-order valence-electron chi connectivity index (χ1n) is 5.05. The minimum atomic E-state index is 1.09. The molecule has 0 N–H and O–H groups in total. The van der Waals surface area contributed by atoms with Crippen molar-refractivity contribution in [2.24, 2.45) is 0 Å². The summed E-state index contributed by atoms with van der Waals surface area (Å²) in [7, 11) is 2.06. The Bertz CT molecular complexity index is 434. The summed E-state index contributed by atoms with van der Waals surface area (Å²) in [5.74, 6) is 0. The molecule has 0 heterocycles. The molecule has 0 fully saturated rings. The lowest BCUT2D eigenvalue weighted by atomic mass is 10.1. The minimum absolute atomic E-state index is 1.09. The third kappa shape index (κ3) is 2.01. The molecule has 2 rings (SSSR count). The highest BCUT2D eigenvalue weighted by molar-refractivity contribution is 5.64. The summed E-state index contributed by atoms with van der Waals surface area (Å²) < 4.78 is 0. The van der Waals surface area contributed by atoms with Crippen LogP contribution in [0.2, 0.25) is 0 Å². The molecule has 1 heteroatoms. The van der Waals surface area contributed by atoms with E-state index < -0.39 is 0 Å². The van der Waals surface area contributed by atoms with Gasteiger partial charge in [-0.05, 0) is 24.6 Å². The number of anilines is 2. The zero-order valence-electron chi connectivity index (χ0n) is 9.07. The molecule has 0 bridgehead atoms. The van der Waals surface area contributed by atoms with Gasteiger partial charge in [-0.3, -0.25) is 0 Å². The van der Waals surface area contributed by atoms with Crippen LogP contribution in [0.3, 0.4) is 0 Å². The van der Waals surface area contributed by atoms with Gasteiger partial charge in [-0.2, -0.15) is 0 Å². The summed E-state index contributed by atoms with van der Waals surface area (Å²) >= 11 is 0. The normalized spacial score (nSPS) is 10.0. The van der Waals surface area contributed by atoms with Crippen LogP contribution >= 0.6 is 0 Å². The van der Waals surface area contributed by atoms with Crippen molar-refractivity contribution in [3.05, 3.63) is 60.2 Å². The number of nitrogens with zero attached hydrogens (tertiary/aromatic N) is 1. The summed E-state index contributed by atoms with van der Waals surface area (Å²) in [6.45, 7) is 2.12. The monoisotopic (exact) mass is 196 g/mol. The molecular formula is C14H14N. The maximum atomic E-state index is 3.22. The highest BCUT2D eigenvalue weighted by Crippen LogP contribution is 2.25. The molecule has 2 aromatic rings. The van der Waals surface area contributed by atoms with Crippen molar-refractivity contribution in [2.75, 3.05) is 11.9 Å². The Morgan fingerprint density at radius 2 is 1.73 bits per heavy atom. The van der Waals surface area contributed by atoms with Gasteiger partial charge >= 0.3 is 0 Å². The smallest absolute Gasteiger partial charge is 0.0488 e. The van der Waals surface area contributed by atoms with E-state index in [9.17, 15) is 0 Å². The maximum absolute atomic E-state index is 3.22. The molecule has 0 atom stereocenters. The fraction of sp³-hybridized carbons (Fsp3) is 0.143. The fourth-order valence-corrected chi connectivity index (χ4v) is 1.66. The third-order valence-electron chi connectivity index (χ3n) is 2.53. The van der Waals surface area contributed by atoms with Crippen molar-refractivity contribution in [3.63, 3.8) is 0 Å². The highest BCUT2D eigenvalue weighted by atomic mass is 15.1. The van der Waals surface area contributed by atoms with Crippen molar-refractivity contribution >= 4 is 11.4 Å².